The molecule has 2 aromatic heterocycles. The molecule has 196 valence electrons. The molecule has 0 aromatic carbocycles. The van der Waals surface area contributed by atoms with Crippen LogP contribution in [-0.4, -0.2) is 87.4 Å². The second-order valence-electron chi connectivity index (χ2n) is 11.1. The number of hydrogen-bond acceptors (Lipinski definition) is 9. The van der Waals surface area contributed by atoms with Crippen LogP contribution in [0.3, 0.4) is 0 Å². The maximum atomic E-state index is 13.3. The summed E-state index contributed by atoms with van der Waals surface area (Å²) in [5.74, 6) is 1.66. The molecule has 3 fully saturated rings. The SMILES string of the molecule is CC(C)N1CCN(c2ccc(Nc3ncc4c(n3)N(C3CCCC3)C3(CC(=O)N(C)C3=O)C4)nc2)CC1. The van der Waals surface area contributed by atoms with Gasteiger partial charge in [0, 0.05) is 63.5 Å². The molecule has 10 heteroatoms. The van der Waals surface area contributed by atoms with Gasteiger partial charge >= 0.3 is 0 Å². The molecule has 2 saturated heterocycles. The summed E-state index contributed by atoms with van der Waals surface area (Å²) in [6.07, 6.45) is 8.66. The molecule has 1 saturated carbocycles. The first-order valence-electron chi connectivity index (χ1n) is 13.5. The highest BCUT2D eigenvalue weighted by Crippen LogP contribution is 2.47. The van der Waals surface area contributed by atoms with E-state index in [1.54, 1.807) is 13.2 Å². The number of carbonyl (C=O) groups is 2. The molecule has 0 radical (unpaired) electrons. The number of likely N-dealkylation sites (N-methyl/N-ethyl adjacent to an activating group) is 1. The molecule has 1 unspecified atom stereocenters. The average Bonchev–Trinajstić information content (AvgIpc) is 3.59. The van der Waals surface area contributed by atoms with Gasteiger partial charge in [-0.05, 0) is 38.8 Å². The molecule has 1 spiro atoms. The van der Waals surface area contributed by atoms with Crippen molar-refractivity contribution in [1.82, 2.24) is 24.8 Å². The summed E-state index contributed by atoms with van der Waals surface area (Å²) in [5, 5.41) is 3.26. The van der Waals surface area contributed by atoms with Gasteiger partial charge in [-0.25, -0.2) is 9.97 Å². The predicted molar refractivity (Wildman–Crippen MR) is 142 cm³/mol. The van der Waals surface area contributed by atoms with Crippen molar-refractivity contribution in [2.45, 2.75) is 70.0 Å². The Kier molecular flexibility index (Phi) is 6.01. The smallest absolute Gasteiger partial charge is 0.255 e. The lowest BCUT2D eigenvalue weighted by molar-refractivity contribution is -0.138. The molecule has 10 nitrogen and oxygen atoms in total. The van der Waals surface area contributed by atoms with Crippen LogP contribution >= 0.6 is 0 Å². The van der Waals surface area contributed by atoms with Crippen molar-refractivity contribution in [2.24, 2.45) is 0 Å². The van der Waals surface area contributed by atoms with Crippen molar-refractivity contribution in [3.8, 4) is 0 Å². The van der Waals surface area contributed by atoms with Gasteiger partial charge in [0.05, 0.1) is 18.3 Å². The minimum absolute atomic E-state index is 0.122. The van der Waals surface area contributed by atoms with Crippen LogP contribution in [0.5, 0.6) is 0 Å². The molecule has 37 heavy (non-hydrogen) atoms. The van der Waals surface area contributed by atoms with Gasteiger partial charge in [0.2, 0.25) is 11.9 Å². The Balaban J connectivity index is 1.21. The molecule has 5 heterocycles. The van der Waals surface area contributed by atoms with E-state index in [2.05, 4.69) is 49.9 Å². The monoisotopic (exact) mass is 504 g/mol. The average molecular weight is 505 g/mol. The fourth-order valence-electron chi connectivity index (χ4n) is 6.53. The highest BCUT2D eigenvalue weighted by atomic mass is 16.2. The molecule has 1 N–H and O–H groups in total. The van der Waals surface area contributed by atoms with Crippen molar-refractivity contribution >= 4 is 35.1 Å². The second kappa shape index (κ2) is 9.24. The van der Waals surface area contributed by atoms with Crippen LogP contribution in [-0.2, 0) is 16.0 Å². The molecule has 2 aromatic rings. The normalized spacial score (nSPS) is 24.7. The van der Waals surface area contributed by atoms with Crippen LogP contribution in [0.4, 0.5) is 23.3 Å². The summed E-state index contributed by atoms with van der Waals surface area (Å²) < 4.78 is 0. The highest BCUT2D eigenvalue weighted by Gasteiger charge is 2.60. The van der Waals surface area contributed by atoms with Gasteiger partial charge in [0.25, 0.3) is 5.91 Å². The van der Waals surface area contributed by atoms with Crippen LogP contribution < -0.4 is 15.1 Å². The summed E-state index contributed by atoms with van der Waals surface area (Å²) in [7, 11) is 1.59. The lowest BCUT2D eigenvalue weighted by atomic mass is 9.91. The quantitative estimate of drug-likeness (QED) is 0.616. The van der Waals surface area contributed by atoms with Crippen LogP contribution in [0.15, 0.2) is 24.5 Å². The van der Waals surface area contributed by atoms with Crippen LogP contribution in [0.25, 0.3) is 0 Å². The minimum Gasteiger partial charge on any atom is -0.368 e. The van der Waals surface area contributed by atoms with Gasteiger partial charge in [-0.2, -0.15) is 4.98 Å². The number of nitrogens with zero attached hydrogens (tertiary/aromatic N) is 7. The largest absolute Gasteiger partial charge is 0.368 e. The van der Waals surface area contributed by atoms with Gasteiger partial charge in [-0.15, -0.1) is 0 Å². The molecule has 3 aliphatic heterocycles. The van der Waals surface area contributed by atoms with Gasteiger partial charge in [0.1, 0.15) is 17.2 Å². The summed E-state index contributed by atoms with van der Waals surface area (Å²) in [6.45, 7) is 8.60. The predicted octanol–water partition coefficient (Wildman–Crippen LogP) is 2.58. The van der Waals surface area contributed by atoms with Crippen LogP contribution in [0.1, 0.15) is 51.5 Å². The zero-order valence-electron chi connectivity index (χ0n) is 22.0. The number of rotatable bonds is 5. The number of pyridine rings is 1. The second-order valence-corrected chi connectivity index (χ2v) is 11.1. The minimum atomic E-state index is -0.865. The highest BCUT2D eigenvalue weighted by molar-refractivity contribution is 6.11. The lowest BCUT2D eigenvalue weighted by Gasteiger charge is -2.38. The van der Waals surface area contributed by atoms with E-state index in [4.69, 9.17) is 4.98 Å². The number of fused-ring (bicyclic) bond motifs is 1. The Morgan fingerprint density at radius 1 is 1.00 bits per heavy atom. The summed E-state index contributed by atoms with van der Waals surface area (Å²) >= 11 is 0. The van der Waals surface area contributed by atoms with E-state index in [1.807, 2.05) is 12.3 Å². The zero-order valence-corrected chi connectivity index (χ0v) is 22.0. The first-order valence-corrected chi connectivity index (χ1v) is 13.5. The number of hydrogen-bond donors (Lipinski definition) is 1. The van der Waals surface area contributed by atoms with E-state index < -0.39 is 5.54 Å². The summed E-state index contributed by atoms with van der Waals surface area (Å²) in [5.41, 5.74) is 1.18. The maximum absolute atomic E-state index is 13.3. The first-order chi connectivity index (χ1) is 17.9. The fourth-order valence-corrected chi connectivity index (χ4v) is 6.53. The van der Waals surface area contributed by atoms with E-state index in [0.717, 1.165) is 68.9 Å². The molecule has 4 aliphatic rings. The van der Waals surface area contributed by atoms with E-state index in [-0.39, 0.29) is 24.3 Å². The molecule has 1 aliphatic carbocycles. The molecule has 2 amide bonds. The molecule has 1 atom stereocenters. The Bertz CT molecular complexity index is 1190. The summed E-state index contributed by atoms with van der Waals surface area (Å²) in [4.78, 5) is 48.3. The molecular formula is C27H36N8O2. The number of nitrogens with one attached hydrogen (secondary N) is 1. The molecule has 6 rings (SSSR count). The topological polar surface area (TPSA) is 97.8 Å². The van der Waals surface area contributed by atoms with Gasteiger partial charge in [-0.3, -0.25) is 19.4 Å². The third-order valence-electron chi connectivity index (χ3n) is 8.62. The Morgan fingerprint density at radius 3 is 2.38 bits per heavy atom. The number of imide groups is 1. The Hall–Kier alpha value is -3.27. The van der Waals surface area contributed by atoms with E-state index in [9.17, 15) is 9.59 Å². The van der Waals surface area contributed by atoms with E-state index in [0.29, 0.717) is 24.2 Å². The number of aromatic nitrogens is 3. The lowest BCUT2D eigenvalue weighted by Crippen LogP contribution is -2.56. The number of anilines is 4. The summed E-state index contributed by atoms with van der Waals surface area (Å²) in [6, 6.07) is 4.84. The van der Waals surface area contributed by atoms with E-state index >= 15 is 0 Å². The standard InChI is InChI=1S/C27H36N8O2/c1-18(2)33-10-12-34(13-11-33)21-8-9-22(28-17-21)30-26-29-16-19-14-27(15-23(36)32(3)25(27)37)35(24(19)31-26)20-6-4-5-7-20/h8-9,16-18,20H,4-7,10-15H2,1-3H3,(H,28,29,30,31). The fraction of sp³-hybridized carbons (Fsp3) is 0.593. The Labute approximate surface area is 218 Å². The Morgan fingerprint density at radius 2 is 1.76 bits per heavy atom. The van der Waals surface area contributed by atoms with Gasteiger partial charge in [-0.1, -0.05) is 12.8 Å². The maximum Gasteiger partial charge on any atom is 0.255 e. The van der Waals surface area contributed by atoms with Crippen LogP contribution in [0, 0.1) is 0 Å². The number of likely N-dealkylation sites (tertiary alicyclic amines) is 1. The van der Waals surface area contributed by atoms with Crippen molar-refractivity contribution in [2.75, 3.05) is 48.3 Å². The van der Waals surface area contributed by atoms with Crippen molar-refractivity contribution in [3.63, 3.8) is 0 Å². The molecule has 0 bridgehead atoms. The van der Waals surface area contributed by atoms with Crippen LogP contribution in [0.2, 0.25) is 0 Å². The molecular weight excluding hydrogens is 468 g/mol. The first kappa shape index (κ1) is 24.1. The number of carbonyl (C=O) groups excluding carboxylic acids is 2. The zero-order chi connectivity index (χ0) is 25.7. The third kappa shape index (κ3) is 4.11. The number of amides is 2. The van der Waals surface area contributed by atoms with Crippen molar-refractivity contribution in [1.29, 1.82) is 0 Å². The number of piperazine rings is 1. The van der Waals surface area contributed by atoms with Crippen molar-refractivity contribution in [3.05, 3.63) is 30.1 Å². The van der Waals surface area contributed by atoms with Crippen molar-refractivity contribution < 1.29 is 9.59 Å². The van der Waals surface area contributed by atoms with Gasteiger partial charge in [0.15, 0.2) is 0 Å². The van der Waals surface area contributed by atoms with E-state index in [1.165, 1.54) is 4.90 Å². The van der Waals surface area contributed by atoms with Gasteiger partial charge < -0.3 is 15.1 Å². The third-order valence-corrected chi connectivity index (χ3v) is 8.62.